The van der Waals surface area contributed by atoms with Crippen molar-refractivity contribution in [1.82, 2.24) is 4.98 Å². The van der Waals surface area contributed by atoms with Crippen LogP contribution in [-0.2, 0) is 6.32 Å². The molecule has 4 heteroatoms. The van der Waals surface area contributed by atoms with Crippen LogP contribution >= 0.6 is 22.9 Å². The molecule has 0 unspecified atom stereocenters. The Morgan fingerprint density at radius 2 is 2.44 bits per heavy atom. The van der Waals surface area contributed by atoms with E-state index >= 15 is 0 Å². The lowest BCUT2D eigenvalue weighted by Crippen LogP contribution is -1.76. The van der Waals surface area contributed by atoms with Crippen LogP contribution in [0.4, 0.5) is 0 Å². The Kier molecular flexibility index (Phi) is 2.14. The first kappa shape index (κ1) is 7.10. The molecule has 1 aromatic rings. The fourth-order valence-electron chi connectivity index (χ4n) is 0.570. The lowest BCUT2D eigenvalue weighted by atomic mass is 10.1. The van der Waals surface area contributed by atoms with E-state index in [2.05, 4.69) is 4.98 Å². The first-order chi connectivity index (χ1) is 4.24. The third-order valence-electron chi connectivity index (χ3n) is 0.942. The van der Waals surface area contributed by atoms with Crippen LogP contribution in [0, 0.1) is 6.92 Å². The van der Waals surface area contributed by atoms with Gasteiger partial charge in [0, 0.05) is 4.88 Å². The Hall–Kier alpha value is -0.0151. The van der Waals surface area contributed by atoms with Crippen molar-refractivity contribution in [2.45, 2.75) is 13.2 Å². The van der Waals surface area contributed by atoms with E-state index < -0.39 is 0 Å². The summed E-state index contributed by atoms with van der Waals surface area (Å²) in [6.45, 7) is 1.91. The zero-order chi connectivity index (χ0) is 6.85. The van der Waals surface area contributed by atoms with E-state index in [1.54, 1.807) is 11.3 Å². The lowest BCUT2D eigenvalue weighted by molar-refractivity contribution is 1.28. The predicted octanol–water partition coefficient (Wildman–Crippen LogP) is 1.77. The Balaban J connectivity index is 3.01. The van der Waals surface area contributed by atoms with Crippen molar-refractivity contribution in [3.8, 4) is 0 Å². The van der Waals surface area contributed by atoms with Crippen LogP contribution in [0.3, 0.4) is 0 Å². The van der Waals surface area contributed by atoms with Gasteiger partial charge < -0.3 is 0 Å². The summed E-state index contributed by atoms with van der Waals surface area (Å²) >= 11 is 7.21. The van der Waals surface area contributed by atoms with Gasteiger partial charge in [0.25, 0.3) is 0 Å². The summed E-state index contributed by atoms with van der Waals surface area (Å²) < 4.78 is 0. The largest absolute Gasteiger partial charge is 0.230 e. The Bertz CT molecular complexity index is 211. The van der Waals surface area contributed by atoms with E-state index in [4.69, 9.17) is 19.4 Å². The maximum atomic E-state index is 5.66. The molecule has 9 heavy (non-hydrogen) atoms. The van der Waals surface area contributed by atoms with Crippen molar-refractivity contribution in [1.29, 1.82) is 0 Å². The normalized spacial score (nSPS) is 10.0. The Morgan fingerprint density at radius 3 is 2.67 bits per heavy atom. The minimum Gasteiger partial charge on any atom is -0.230 e. The number of rotatable bonds is 1. The summed E-state index contributed by atoms with van der Waals surface area (Å²) in [5, 5.41) is 1.53. The van der Waals surface area contributed by atoms with Gasteiger partial charge in [-0.2, -0.15) is 0 Å². The molecule has 46 valence electrons. The molecular weight excluding hydrogens is 152 g/mol. The predicted molar refractivity (Wildman–Crippen MR) is 41.3 cm³/mol. The standard InChI is InChI=1S/C5H5BClNS/c1-3-8-5(7)4(2-6)9-3/h2H2,1H3. The third-order valence-corrected chi connectivity index (χ3v) is 2.36. The summed E-state index contributed by atoms with van der Waals surface area (Å²) in [5.74, 6) is 0. The van der Waals surface area contributed by atoms with Crippen LogP contribution < -0.4 is 0 Å². The van der Waals surface area contributed by atoms with Crippen molar-refractivity contribution < 1.29 is 0 Å². The SMILES string of the molecule is [B]Cc1sc(C)nc1Cl. The zero-order valence-corrected chi connectivity index (χ0v) is 6.59. The second-order valence-electron chi connectivity index (χ2n) is 1.65. The van der Waals surface area contributed by atoms with Gasteiger partial charge in [0.05, 0.1) is 12.9 Å². The summed E-state index contributed by atoms with van der Waals surface area (Å²) in [5.41, 5.74) is 0. The molecule has 0 saturated heterocycles. The molecule has 0 aliphatic rings. The van der Waals surface area contributed by atoms with Gasteiger partial charge in [-0.05, 0) is 6.92 Å². The summed E-state index contributed by atoms with van der Waals surface area (Å²) in [6, 6.07) is 0. The van der Waals surface area contributed by atoms with Crippen molar-refractivity contribution in [3.63, 3.8) is 0 Å². The topological polar surface area (TPSA) is 12.9 Å². The van der Waals surface area contributed by atoms with Gasteiger partial charge in [-0.1, -0.05) is 17.9 Å². The fraction of sp³-hybridized carbons (Fsp3) is 0.400. The molecule has 0 spiro atoms. The third kappa shape index (κ3) is 1.46. The van der Waals surface area contributed by atoms with Gasteiger partial charge in [-0.25, -0.2) is 4.98 Å². The van der Waals surface area contributed by atoms with Crippen molar-refractivity contribution in [2.75, 3.05) is 0 Å². The average molecular weight is 157 g/mol. The molecule has 0 aromatic carbocycles. The minimum absolute atomic E-state index is 0.490. The van der Waals surface area contributed by atoms with Crippen molar-refractivity contribution in [2.24, 2.45) is 0 Å². The highest BCUT2D eigenvalue weighted by molar-refractivity contribution is 7.12. The molecule has 1 nitrogen and oxygen atoms in total. The molecule has 0 aliphatic carbocycles. The number of hydrogen-bond acceptors (Lipinski definition) is 2. The van der Waals surface area contributed by atoms with Gasteiger partial charge in [0.2, 0.25) is 0 Å². The van der Waals surface area contributed by atoms with Crippen LogP contribution in [0.25, 0.3) is 0 Å². The fourth-order valence-corrected chi connectivity index (χ4v) is 1.65. The highest BCUT2D eigenvalue weighted by atomic mass is 35.5. The molecular formula is C5H5BClNS. The van der Waals surface area contributed by atoms with Crippen LogP contribution in [-0.4, -0.2) is 12.8 Å². The summed E-state index contributed by atoms with van der Waals surface area (Å²) in [6.07, 6.45) is 0.490. The lowest BCUT2D eigenvalue weighted by Gasteiger charge is -1.83. The molecule has 0 aliphatic heterocycles. The first-order valence-electron chi connectivity index (χ1n) is 2.56. The molecule has 1 rings (SSSR count). The molecule has 0 N–H and O–H groups in total. The molecule has 0 amide bonds. The number of nitrogens with zero attached hydrogens (tertiary/aromatic N) is 1. The Morgan fingerprint density at radius 1 is 1.78 bits per heavy atom. The van der Waals surface area contributed by atoms with E-state index in [-0.39, 0.29) is 0 Å². The molecule has 0 fully saturated rings. The highest BCUT2D eigenvalue weighted by Crippen LogP contribution is 2.21. The van der Waals surface area contributed by atoms with Crippen LogP contribution in [0.1, 0.15) is 9.88 Å². The van der Waals surface area contributed by atoms with Gasteiger partial charge in [-0.15, -0.1) is 11.3 Å². The van der Waals surface area contributed by atoms with Gasteiger partial charge >= 0.3 is 0 Å². The average Bonchev–Trinajstić information content (AvgIpc) is 2.10. The molecule has 0 saturated carbocycles. The molecule has 0 atom stereocenters. The number of aryl methyl sites for hydroxylation is 1. The van der Waals surface area contributed by atoms with E-state index in [0.29, 0.717) is 11.5 Å². The molecule has 2 radical (unpaired) electrons. The molecule has 1 heterocycles. The maximum absolute atomic E-state index is 5.66. The van der Waals surface area contributed by atoms with Gasteiger partial charge in [0.1, 0.15) is 5.15 Å². The van der Waals surface area contributed by atoms with Crippen molar-refractivity contribution in [3.05, 3.63) is 15.0 Å². The van der Waals surface area contributed by atoms with E-state index in [1.807, 2.05) is 6.92 Å². The van der Waals surface area contributed by atoms with Crippen LogP contribution in [0.5, 0.6) is 0 Å². The van der Waals surface area contributed by atoms with E-state index in [9.17, 15) is 0 Å². The smallest absolute Gasteiger partial charge is 0.142 e. The Labute approximate surface area is 64.5 Å². The summed E-state index contributed by atoms with van der Waals surface area (Å²) in [7, 11) is 5.35. The van der Waals surface area contributed by atoms with E-state index in [1.165, 1.54) is 0 Å². The van der Waals surface area contributed by atoms with Crippen LogP contribution in [0.2, 0.25) is 5.15 Å². The van der Waals surface area contributed by atoms with Crippen molar-refractivity contribution >= 4 is 30.8 Å². The molecule has 0 bridgehead atoms. The number of halogens is 1. The number of hydrogen-bond donors (Lipinski definition) is 0. The number of aromatic nitrogens is 1. The zero-order valence-electron chi connectivity index (χ0n) is 5.02. The van der Waals surface area contributed by atoms with Gasteiger partial charge in [0.15, 0.2) is 0 Å². The van der Waals surface area contributed by atoms with Crippen LogP contribution in [0.15, 0.2) is 0 Å². The van der Waals surface area contributed by atoms with E-state index in [0.717, 1.165) is 9.88 Å². The maximum Gasteiger partial charge on any atom is 0.142 e. The highest BCUT2D eigenvalue weighted by Gasteiger charge is 2.01. The first-order valence-corrected chi connectivity index (χ1v) is 3.75. The molecule has 1 aromatic heterocycles. The van der Waals surface area contributed by atoms with Gasteiger partial charge in [-0.3, -0.25) is 0 Å². The second-order valence-corrected chi connectivity index (χ2v) is 3.30. The quantitative estimate of drug-likeness (QED) is 0.566. The second kappa shape index (κ2) is 2.71. The number of thiazole rings is 1. The minimum atomic E-state index is 0.490. The monoisotopic (exact) mass is 157 g/mol. The summed E-state index contributed by atoms with van der Waals surface area (Å²) in [4.78, 5) is 4.95.